The number of amides is 1. The van der Waals surface area contributed by atoms with E-state index in [1.54, 1.807) is 13.8 Å². The van der Waals surface area contributed by atoms with Gasteiger partial charge in [-0.25, -0.2) is 0 Å². The van der Waals surface area contributed by atoms with E-state index in [-0.39, 0.29) is 11.8 Å². The number of carboxylic acid groups (broad SMARTS) is 1. The summed E-state index contributed by atoms with van der Waals surface area (Å²) in [6.07, 6.45) is 0.433. The number of rotatable bonds is 4. The van der Waals surface area contributed by atoms with E-state index in [0.29, 0.717) is 18.7 Å². The number of aryl methyl sites for hydroxylation is 2. The minimum atomic E-state index is -0.900. The van der Waals surface area contributed by atoms with E-state index >= 15 is 0 Å². The molecule has 1 saturated carbocycles. The second-order valence-corrected chi connectivity index (χ2v) is 4.31. The van der Waals surface area contributed by atoms with Crippen LogP contribution >= 0.6 is 0 Å². The van der Waals surface area contributed by atoms with Gasteiger partial charge in [0.25, 0.3) is 0 Å². The molecule has 0 bridgehead atoms. The Balaban J connectivity index is 1.88. The number of nitrogens with one attached hydrogen (secondary N) is 1. The first-order valence-corrected chi connectivity index (χ1v) is 5.43. The molecular formula is C11H14N2O4. The second-order valence-electron chi connectivity index (χ2n) is 4.31. The Labute approximate surface area is 98.0 Å². The zero-order valence-corrected chi connectivity index (χ0v) is 9.69. The average Bonchev–Trinajstić information content (AvgIpc) is 3.00. The third-order valence-corrected chi connectivity index (χ3v) is 3.07. The summed E-state index contributed by atoms with van der Waals surface area (Å²) in [5.74, 6) is -1.33. The second kappa shape index (κ2) is 4.20. The van der Waals surface area contributed by atoms with Crippen molar-refractivity contribution in [2.75, 3.05) is 0 Å². The molecule has 0 saturated heterocycles. The fourth-order valence-electron chi connectivity index (χ4n) is 1.82. The van der Waals surface area contributed by atoms with Gasteiger partial charge in [0.05, 0.1) is 17.5 Å². The van der Waals surface area contributed by atoms with E-state index < -0.39 is 11.9 Å². The Hall–Kier alpha value is -1.85. The lowest BCUT2D eigenvalue weighted by atomic mass is 10.2. The molecule has 2 unspecified atom stereocenters. The molecular weight excluding hydrogens is 224 g/mol. The highest BCUT2D eigenvalue weighted by molar-refractivity contribution is 5.89. The molecule has 17 heavy (non-hydrogen) atoms. The highest BCUT2D eigenvalue weighted by atomic mass is 16.5. The third kappa shape index (κ3) is 2.30. The minimum absolute atomic E-state index is 0.211. The van der Waals surface area contributed by atoms with E-state index in [0.717, 1.165) is 11.3 Å². The van der Waals surface area contributed by atoms with Crippen molar-refractivity contribution in [3.05, 3.63) is 17.0 Å². The maximum absolute atomic E-state index is 11.6. The quantitative estimate of drug-likeness (QED) is 0.802. The van der Waals surface area contributed by atoms with Crippen molar-refractivity contribution in [3.63, 3.8) is 0 Å². The van der Waals surface area contributed by atoms with Crippen LogP contribution in [-0.2, 0) is 16.1 Å². The molecule has 1 aliphatic rings. The van der Waals surface area contributed by atoms with Crippen molar-refractivity contribution < 1.29 is 19.2 Å². The van der Waals surface area contributed by atoms with Crippen LogP contribution in [0, 0.1) is 25.7 Å². The van der Waals surface area contributed by atoms with Gasteiger partial charge in [-0.2, -0.15) is 0 Å². The van der Waals surface area contributed by atoms with E-state index in [1.807, 2.05) is 0 Å². The molecule has 0 aliphatic heterocycles. The van der Waals surface area contributed by atoms with Crippen LogP contribution in [0.2, 0.25) is 0 Å². The highest BCUT2D eigenvalue weighted by Gasteiger charge is 2.48. The molecule has 1 amide bonds. The topological polar surface area (TPSA) is 92.4 Å². The molecule has 2 atom stereocenters. The molecule has 6 heteroatoms. The van der Waals surface area contributed by atoms with E-state index in [2.05, 4.69) is 10.5 Å². The maximum Gasteiger partial charge on any atom is 0.307 e. The number of carbonyl (C=O) groups excluding carboxylic acids is 1. The van der Waals surface area contributed by atoms with Crippen molar-refractivity contribution in [2.24, 2.45) is 11.8 Å². The standard InChI is InChI=1S/C11H14N2O4/c1-5-9(6(2)17-13-5)4-12-10(14)7-3-8(7)11(15)16/h7-8H,3-4H2,1-2H3,(H,12,14)(H,15,16). The van der Waals surface area contributed by atoms with Gasteiger partial charge in [-0.15, -0.1) is 0 Å². The summed E-state index contributed by atoms with van der Waals surface area (Å²) in [6.45, 7) is 3.91. The number of carboxylic acids is 1. The molecule has 2 rings (SSSR count). The van der Waals surface area contributed by atoms with Crippen LogP contribution < -0.4 is 5.32 Å². The van der Waals surface area contributed by atoms with Gasteiger partial charge in [0.1, 0.15) is 5.76 Å². The molecule has 92 valence electrons. The lowest BCUT2D eigenvalue weighted by molar-refractivity contribution is -0.140. The molecule has 0 radical (unpaired) electrons. The van der Waals surface area contributed by atoms with E-state index in [9.17, 15) is 9.59 Å². The van der Waals surface area contributed by atoms with Crippen LogP contribution in [-0.4, -0.2) is 22.1 Å². The first kappa shape index (κ1) is 11.6. The summed E-state index contributed by atoms with van der Waals surface area (Å²) in [5.41, 5.74) is 1.60. The van der Waals surface area contributed by atoms with Gasteiger partial charge in [-0.05, 0) is 20.3 Å². The van der Waals surface area contributed by atoms with Gasteiger partial charge >= 0.3 is 5.97 Å². The van der Waals surface area contributed by atoms with Crippen molar-refractivity contribution in [2.45, 2.75) is 26.8 Å². The number of hydrogen-bond donors (Lipinski definition) is 2. The van der Waals surface area contributed by atoms with E-state index in [1.165, 1.54) is 0 Å². The van der Waals surface area contributed by atoms with Gasteiger partial charge in [0.15, 0.2) is 0 Å². The first-order chi connectivity index (χ1) is 8.00. The predicted octanol–water partition coefficient (Wildman–Crippen LogP) is 0.628. The normalized spacial score (nSPS) is 22.2. The largest absolute Gasteiger partial charge is 0.481 e. The lowest BCUT2D eigenvalue weighted by Crippen LogP contribution is -2.26. The molecule has 1 aliphatic carbocycles. The van der Waals surface area contributed by atoms with Gasteiger partial charge < -0.3 is 14.9 Å². The molecule has 1 fully saturated rings. The Bertz CT molecular complexity index is 447. The summed E-state index contributed by atoms with van der Waals surface area (Å²) in [5, 5.41) is 15.2. The predicted molar refractivity (Wildman–Crippen MR) is 57.1 cm³/mol. The minimum Gasteiger partial charge on any atom is -0.481 e. The smallest absolute Gasteiger partial charge is 0.307 e. The molecule has 0 aromatic carbocycles. The summed E-state index contributed by atoms with van der Waals surface area (Å²) in [6, 6.07) is 0. The van der Waals surface area contributed by atoms with Crippen LogP contribution in [0.5, 0.6) is 0 Å². The van der Waals surface area contributed by atoms with Gasteiger partial charge in [-0.3, -0.25) is 9.59 Å². The molecule has 2 N–H and O–H groups in total. The summed E-state index contributed by atoms with van der Waals surface area (Å²) in [7, 11) is 0. The van der Waals surface area contributed by atoms with Crippen LogP contribution in [0.15, 0.2) is 4.52 Å². The molecule has 6 nitrogen and oxygen atoms in total. The number of carbonyl (C=O) groups is 2. The first-order valence-electron chi connectivity index (χ1n) is 5.43. The number of aliphatic carboxylic acids is 1. The van der Waals surface area contributed by atoms with Crippen molar-refractivity contribution in [1.29, 1.82) is 0 Å². The molecule has 1 aromatic heterocycles. The molecule has 1 heterocycles. The van der Waals surface area contributed by atoms with E-state index in [4.69, 9.17) is 9.63 Å². The van der Waals surface area contributed by atoms with Crippen molar-refractivity contribution in [1.82, 2.24) is 10.5 Å². The van der Waals surface area contributed by atoms with Crippen LogP contribution in [0.3, 0.4) is 0 Å². The molecule has 1 aromatic rings. The SMILES string of the molecule is Cc1noc(C)c1CNC(=O)C1CC1C(=O)O. The average molecular weight is 238 g/mol. The number of nitrogens with zero attached hydrogens (tertiary/aromatic N) is 1. The third-order valence-electron chi connectivity index (χ3n) is 3.07. The zero-order chi connectivity index (χ0) is 12.6. The van der Waals surface area contributed by atoms with Gasteiger partial charge in [0, 0.05) is 12.1 Å². The lowest BCUT2D eigenvalue weighted by Gasteiger charge is -2.03. The summed E-state index contributed by atoms with van der Waals surface area (Å²) < 4.78 is 4.97. The van der Waals surface area contributed by atoms with Crippen molar-refractivity contribution in [3.8, 4) is 0 Å². The summed E-state index contributed by atoms with van der Waals surface area (Å²) in [4.78, 5) is 22.2. The highest BCUT2D eigenvalue weighted by Crippen LogP contribution is 2.38. The zero-order valence-electron chi connectivity index (χ0n) is 9.69. The Morgan fingerprint density at radius 3 is 2.65 bits per heavy atom. The monoisotopic (exact) mass is 238 g/mol. The van der Waals surface area contributed by atoms with Crippen molar-refractivity contribution >= 4 is 11.9 Å². The maximum atomic E-state index is 11.6. The fourth-order valence-corrected chi connectivity index (χ4v) is 1.82. The van der Waals surface area contributed by atoms with Crippen LogP contribution in [0.4, 0.5) is 0 Å². The Morgan fingerprint density at radius 1 is 1.47 bits per heavy atom. The number of hydrogen-bond acceptors (Lipinski definition) is 4. The molecule has 0 spiro atoms. The summed E-state index contributed by atoms with van der Waals surface area (Å²) >= 11 is 0. The van der Waals surface area contributed by atoms with Gasteiger partial charge in [0.2, 0.25) is 5.91 Å². The fraction of sp³-hybridized carbons (Fsp3) is 0.545. The Morgan fingerprint density at radius 2 is 2.18 bits per heavy atom. The van der Waals surface area contributed by atoms with Crippen LogP contribution in [0.1, 0.15) is 23.4 Å². The number of aromatic nitrogens is 1. The van der Waals surface area contributed by atoms with Gasteiger partial charge in [-0.1, -0.05) is 5.16 Å². The Kier molecular flexibility index (Phi) is 2.87. The van der Waals surface area contributed by atoms with Crippen LogP contribution in [0.25, 0.3) is 0 Å².